The van der Waals surface area contributed by atoms with Gasteiger partial charge in [0, 0.05) is 6.20 Å². The number of anilines is 1. The van der Waals surface area contributed by atoms with Crippen molar-refractivity contribution in [1.82, 2.24) is 4.98 Å². The molecule has 0 aromatic carbocycles. The zero-order valence-corrected chi connectivity index (χ0v) is 8.84. The molecular formula is C10H14N2O4. The van der Waals surface area contributed by atoms with E-state index in [-0.39, 0.29) is 24.6 Å². The number of hydrogen-bond acceptors (Lipinski definition) is 5. The Kier molecular flexibility index (Phi) is 3.81. The molecular weight excluding hydrogens is 212 g/mol. The number of nitrogens with zero attached hydrogens (tertiary/aromatic N) is 1. The average molecular weight is 226 g/mol. The highest BCUT2D eigenvalue weighted by atomic mass is 16.4. The van der Waals surface area contributed by atoms with Crippen LogP contribution in [-0.2, 0) is 0 Å². The summed E-state index contributed by atoms with van der Waals surface area (Å²) in [5, 5.41) is 29.8. The standard InChI is InChI=1S/C10H14N2O4/c1-10(5-13,6-14)12-7-3-2-4-11-8(7)9(15)16/h2-4,12-14H,5-6H2,1H3,(H,15,16). The molecule has 0 bridgehead atoms. The molecule has 6 nitrogen and oxygen atoms in total. The van der Waals surface area contributed by atoms with E-state index in [1.54, 1.807) is 13.0 Å². The van der Waals surface area contributed by atoms with Gasteiger partial charge in [0.1, 0.15) is 0 Å². The van der Waals surface area contributed by atoms with Gasteiger partial charge in [-0.3, -0.25) is 0 Å². The normalized spacial score (nSPS) is 11.2. The highest BCUT2D eigenvalue weighted by Gasteiger charge is 2.24. The average Bonchev–Trinajstić information content (AvgIpc) is 2.29. The van der Waals surface area contributed by atoms with Gasteiger partial charge in [0.05, 0.1) is 24.4 Å². The number of hydrogen-bond donors (Lipinski definition) is 4. The van der Waals surface area contributed by atoms with Crippen molar-refractivity contribution in [2.75, 3.05) is 18.5 Å². The fourth-order valence-corrected chi connectivity index (χ4v) is 1.13. The fraction of sp³-hybridized carbons (Fsp3) is 0.400. The van der Waals surface area contributed by atoms with E-state index in [1.165, 1.54) is 12.3 Å². The predicted octanol–water partition coefficient (Wildman–Crippen LogP) is -0.0650. The van der Waals surface area contributed by atoms with Crippen molar-refractivity contribution >= 4 is 11.7 Å². The topological polar surface area (TPSA) is 103 Å². The van der Waals surface area contributed by atoms with Gasteiger partial charge in [-0.05, 0) is 19.1 Å². The number of aromatic carboxylic acids is 1. The zero-order chi connectivity index (χ0) is 12.2. The molecule has 88 valence electrons. The second kappa shape index (κ2) is 4.91. The molecule has 0 fully saturated rings. The van der Waals surface area contributed by atoms with Crippen molar-refractivity contribution in [3.8, 4) is 0 Å². The van der Waals surface area contributed by atoms with E-state index in [0.29, 0.717) is 0 Å². The molecule has 0 spiro atoms. The molecule has 1 rings (SSSR count). The Morgan fingerprint density at radius 2 is 2.12 bits per heavy atom. The number of rotatable bonds is 5. The van der Waals surface area contributed by atoms with Gasteiger partial charge < -0.3 is 20.6 Å². The predicted molar refractivity (Wildman–Crippen MR) is 57.4 cm³/mol. The number of nitrogens with one attached hydrogen (secondary N) is 1. The van der Waals surface area contributed by atoms with E-state index in [2.05, 4.69) is 10.3 Å². The quantitative estimate of drug-likeness (QED) is 0.560. The highest BCUT2D eigenvalue weighted by Crippen LogP contribution is 2.17. The largest absolute Gasteiger partial charge is 0.476 e. The number of aliphatic hydroxyl groups excluding tert-OH is 2. The maximum absolute atomic E-state index is 10.9. The number of aromatic nitrogens is 1. The van der Waals surface area contributed by atoms with Crippen molar-refractivity contribution in [2.24, 2.45) is 0 Å². The molecule has 0 amide bonds. The first-order chi connectivity index (χ1) is 7.52. The summed E-state index contributed by atoms with van der Waals surface area (Å²) < 4.78 is 0. The number of carbonyl (C=O) groups is 1. The Morgan fingerprint density at radius 3 is 2.62 bits per heavy atom. The van der Waals surface area contributed by atoms with Crippen molar-refractivity contribution < 1.29 is 20.1 Å². The lowest BCUT2D eigenvalue weighted by atomic mass is 10.0. The summed E-state index contributed by atoms with van der Waals surface area (Å²) in [6.07, 6.45) is 1.36. The van der Waals surface area contributed by atoms with Gasteiger partial charge in [0.15, 0.2) is 5.69 Å². The minimum atomic E-state index is -1.17. The van der Waals surface area contributed by atoms with Gasteiger partial charge >= 0.3 is 5.97 Å². The molecule has 1 heterocycles. The lowest BCUT2D eigenvalue weighted by Crippen LogP contribution is -2.43. The molecule has 0 radical (unpaired) electrons. The lowest BCUT2D eigenvalue weighted by molar-refractivity contribution is 0.0691. The fourth-order valence-electron chi connectivity index (χ4n) is 1.13. The molecule has 0 unspecified atom stereocenters. The van der Waals surface area contributed by atoms with E-state index in [0.717, 1.165) is 0 Å². The Labute approximate surface area is 92.6 Å². The van der Waals surface area contributed by atoms with E-state index in [1.807, 2.05) is 0 Å². The summed E-state index contributed by atoms with van der Waals surface area (Å²) in [5.74, 6) is -1.17. The molecule has 6 heteroatoms. The van der Waals surface area contributed by atoms with Crippen LogP contribution in [0.25, 0.3) is 0 Å². The maximum Gasteiger partial charge on any atom is 0.356 e. The Morgan fingerprint density at radius 1 is 1.50 bits per heavy atom. The number of carboxylic acids is 1. The molecule has 16 heavy (non-hydrogen) atoms. The molecule has 1 aromatic rings. The first-order valence-electron chi connectivity index (χ1n) is 4.70. The smallest absolute Gasteiger partial charge is 0.356 e. The van der Waals surface area contributed by atoms with Gasteiger partial charge in [0.2, 0.25) is 0 Å². The lowest BCUT2D eigenvalue weighted by Gasteiger charge is -2.27. The van der Waals surface area contributed by atoms with Gasteiger partial charge in [-0.25, -0.2) is 9.78 Å². The second-order valence-corrected chi connectivity index (χ2v) is 3.71. The monoisotopic (exact) mass is 226 g/mol. The van der Waals surface area contributed by atoms with Crippen LogP contribution >= 0.6 is 0 Å². The molecule has 4 N–H and O–H groups in total. The van der Waals surface area contributed by atoms with Crippen LogP contribution in [0.15, 0.2) is 18.3 Å². The van der Waals surface area contributed by atoms with Crippen LogP contribution in [0.4, 0.5) is 5.69 Å². The minimum absolute atomic E-state index is 0.143. The Hall–Kier alpha value is -1.66. The van der Waals surface area contributed by atoms with Gasteiger partial charge in [-0.2, -0.15) is 0 Å². The van der Waals surface area contributed by atoms with Crippen molar-refractivity contribution in [1.29, 1.82) is 0 Å². The summed E-state index contributed by atoms with van der Waals surface area (Å²) in [5.41, 5.74) is -0.857. The van der Waals surface area contributed by atoms with Crippen LogP contribution in [0.5, 0.6) is 0 Å². The zero-order valence-electron chi connectivity index (χ0n) is 8.84. The van der Waals surface area contributed by atoms with Crippen LogP contribution in [0.2, 0.25) is 0 Å². The summed E-state index contributed by atoms with van der Waals surface area (Å²) in [6.45, 7) is 0.931. The van der Waals surface area contributed by atoms with Crippen molar-refractivity contribution in [2.45, 2.75) is 12.5 Å². The molecule has 0 saturated heterocycles. The van der Waals surface area contributed by atoms with Gasteiger partial charge in [-0.15, -0.1) is 0 Å². The summed E-state index contributed by atoms with van der Waals surface area (Å²) >= 11 is 0. The first kappa shape index (κ1) is 12.4. The van der Waals surface area contributed by atoms with Crippen LogP contribution in [-0.4, -0.2) is 45.0 Å². The number of aliphatic hydroxyl groups is 2. The van der Waals surface area contributed by atoms with E-state index >= 15 is 0 Å². The summed E-state index contributed by atoms with van der Waals surface area (Å²) in [6, 6.07) is 3.10. The molecule has 1 aromatic heterocycles. The summed E-state index contributed by atoms with van der Waals surface area (Å²) in [4.78, 5) is 14.6. The van der Waals surface area contributed by atoms with Crippen molar-refractivity contribution in [3.63, 3.8) is 0 Å². The van der Waals surface area contributed by atoms with Crippen LogP contribution < -0.4 is 5.32 Å². The first-order valence-corrected chi connectivity index (χ1v) is 4.70. The van der Waals surface area contributed by atoms with Crippen LogP contribution in [0.1, 0.15) is 17.4 Å². The molecule has 0 saturated carbocycles. The third kappa shape index (κ3) is 2.68. The Bertz CT molecular complexity index is 377. The van der Waals surface area contributed by atoms with Crippen LogP contribution in [0.3, 0.4) is 0 Å². The molecule has 0 aliphatic rings. The Balaban J connectivity index is 3.01. The maximum atomic E-state index is 10.9. The molecule has 0 aliphatic heterocycles. The van der Waals surface area contributed by atoms with Gasteiger partial charge in [-0.1, -0.05) is 0 Å². The highest BCUT2D eigenvalue weighted by molar-refractivity contribution is 5.91. The SMILES string of the molecule is CC(CO)(CO)Nc1cccnc1C(=O)O. The third-order valence-electron chi connectivity index (χ3n) is 2.14. The van der Waals surface area contributed by atoms with E-state index in [4.69, 9.17) is 15.3 Å². The minimum Gasteiger partial charge on any atom is -0.476 e. The number of carboxylic acid groups (broad SMARTS) is 1. The van der Waals surface area contributed by atoms with Crippen LogP contribution in [0, 0.1) is 0 Å². The molecule has 0 aliphatic carbocycles. The third-order valence-corrected chi connectivity index (χ3v) is 2.14. The van der Waals surface area contributed by atoms with Gasteiger partial charge in [0.25, 0.3) is 0 Å². The van der Waals surface area contributed by atoms with Crippen molar-refractivity contribution in [3.05, 3.63) is 24.0 Å². The second-order valence-electron chi connectivity index (χ2n) is 3.71. The molecule has 0 atom stereocenters. The van der Waals surface area contributed by atoms with E-state index < -0.39 is 11.5 Å². The summed E-state index contributed by atoms with van der Waals surface area (Å²) in [7, 11) is 0. The van der Waals surface area contributed by atoms with E-state index in [9.17, 15) is 4.79 Å². The number of pyridine rings is 1.